The average molecular weight is 472 g/mol. The van der Waals surface area contributed by atoms with Crippen LogP contribution in [0.2, 0.25) is 0 Å². The van der Waals surface area contributed by atoms with Crippen molar-refractivity contribution in [3.8, 4) is 5.75 Å². The summed E-state index contributed by atoms with van der Waals surface area (Å²) in [6.07, 6.45) is 0.383. The van der Waals surface area contributed by atoms with Crippen LogP contribution < -0.4 is 15.0 Å². The lowest BCUT2D eigenvalue weighted by atomic mass is 9.97. The number of amides is 2. The third-order valence-electron chi connectivity index (χ3n) is 6.13. The first kappa shape index (κ1) is 23.3. The molecule has 2 aromatic rings. The summed E-state index contributed by atoms with van der Waals surface area (Å²) >= 11 is 0. The number of sulfonamides is 1. The molecule has 2 heterocycles. The van der Waals surface area contributed by atoms with Crippen LogP contribution in [0, 0.1) is 5.92 Å². The summed E-state index contributed by atoms with van der Waals surface area (Å²) in [5, 5.41) is 2.88. The van der Waals surface area contributed by atoms with Crippen molar-refractivity contribution in [3.05, 3.63) is 60.2 Å². The number of rotatable bonds is 6. The predicted molar refractivity (Wildman–Crippen MR) is 125 cm³/mol. The van der Waals surface area contributed by atoms with E-state index < -0.39 is 22.0 Å². The number of hydrogen-bond acceptors (Lipinski definition) is 5. The van der Waals surface area contributed by atoms with E-state index in [0.717, 1.165) is 5.56 Å². The van der Waals surface area contributed by atoms with E-state index >= 15 is 0 Å². The molecule has 176 valence electrons. The first-order chi connectivity index (χ1) is 15.9. The molecule has 0 aliphatic carbocycles. The van der Waals surface area contributed by atoms with E-state index in [1.54, 1.807) is 30.0 Å². The molecule has 2 atom stereocenters. The normalized spacial score (nSPS) is 21.1. The molecule has 2 unspecified atom stereocenters. The molecule has 0 saturated carbocycles. The monoisotopic (exact) mass is 471 g/mol. The van der Waals surface area contributed by atoms with Crippen molar-refractivity contribution in [1.82, 2.24) is 9.62 Å². The van der Waals surface area contributed by atoms with Crippen molar-refractivity contribution in [2.24, 2.45) is 5.92 Å². The van der Waals surface area contributed by atoms with Gasteiger partial charge in [0.05, 0.1) is 23.9 Å². The number of nitrogens with zero attached hydrogens (tertiary/aromatic N) is 2. The molecule has 33 heavy (non-hydrogen) atoms. The third-order valence-corrected chi connectivity index (χ3v) is 7.98. The zero-order chi connectivity index (χ0) is 23.4. The van der Waals surface area contributed by atoms with Gasteiger partial charge in [0, 0.05) is 19.6 Å². The van der Waals surface area contributed by atoms with Gasteiger partial charge >= 0.3 is 0 Å². The maximum Gasteiger partial charge on any atom is 0.263 e. The fourth-order valence-electron chi connectivity index (χ4n) is 4.28. The number of piperidine rings is 1. The van der Waals surface area contributed by atoms with Crippen LogP contribution in [0.1, 0.15) is 25.3 Å². The van der Waals surface area contributed by atoms with Crippen molar-refractivity contribution < 1.29 is 22.7 Å². The van der Waals surface area contributed by atoms with E-state index in [-0.39, 0.29) is 30.7 Å². The summed E-state index contributed by atoms with van der Waals surface area (Å²) in [6.45, 7) is 2.65. The van der Waals surface area contributed by atoms with Crippen molar-refractivity contribution in [2.45, 2.75) is 32.4 Å². The van der Waals surface area contributed by atoms with Gasteiger partial charge in [0.2, 0.25) is 15.9 Å². The van der Waals surface area contributed by atoms with Crippen LogP contribution in [0.5, 0.6) is 5.75 Å². The Balaban J connectivity index is 1.50. The molecule has 2 aromatic carbocycles. The molecule has 0 radical (unpaired) electrons. The summed E-state index contributed by atoms with van der Waals surface area (Å²) in [7, 11) is -3.36. The van der Waals surface area contributed by atoms with E-state index in [9.17, 15) is 18.0 Å². The van der Waals surface area contributed by atoms with Gasteiger partial charge in [-0.15, -0.1) is 0 Å². The molecule has 2 amide bonds. The molecule has 1 N–H and O–H groups in total. The number of carbonyl (C=O) groups excluding carboxylic acids is 2. The van der Waals surface area contributed by atoms with Crippen molar-refractivity contribution in [1.29, 1.82) is 0 Å². The molecule has 9 heteroatoms. The van der Waals surface area contributed by atoms with Gasteiger partial charge in [-0.05, 0) is 37.5 Å². The lowest BCUT2D eigenvalue weighted by Crippen LogP contribution is -2.54. The van der Waals surface area contributed by atoms with Gasteiger partial charge in [0.15, 0.2) is 6.10 Å². The zero-order valence-corrected chi connectivity index (χ0v) is 19.5. The Labute approximate surface area is 194 Å². The van der Waals surface area contributed by atoms with Crippen LogP contribution in [0.25, 0.3) is 0 Å². The minimum Gasteiger partial charge on any atom is -0.477 e. The summed E-state index contributed by atoms with van der Waals surface area (Å²) in [4.78, 5) is 28.0. The number of anilines is 1. The molecule has 8 nitrogen and oxygen atoms in total. The first-order valence-corrected chi connectivity index (χ1v) is 12.9. The predicted octanol–water partition coefficient (Wildman–Crippen LogP) is 2.16. The lowest BCUT2D eigenvalue weighted by Gasteiger charge is -2.38. The minimum absolute atomic E-state index is 0.0119. The van der Waals surface area contributed by atoms with E-state index in [0.29, 0.717) is 37.4 Å². The maximum absolute atomic E-state index is 13.5. The first-order valence-electron chi connectivity index (χ1n) is 11.3. The number of carbonyl (C=O) groups is 2. The Kier molecular flexibility index (Phi) is 6.99. The Hall–Kier alpha value is -2.91. The maximum atomic E-state index is 13.5. The summed E-state index contributed by atoms with van der Waals surface area (Å²) < 4.78 is 32.1. The lowest BCUT2D eigenvalue weighted by molar-refractivity contribution is -0.129. The Bertz CT molecular complexity index is 1110. The van der Waals surface area contributed by atoms with Crippen LogP contribution in [0.15, 0.2) is 54.6 Å². The highest BCUT2D eigenvalue weighted by Crippen LogP contribution is 2.35. The second-order valence-corrected chi connectivity index (χ2v) is 10.6. The minimum atomic E-state index is -3.36. The molecule has 2 aliphatic rings. The Morgan fingerprint density at radius 1 is 1.06 bits per heavy atom. The number of fused-ring (bicyclic) bond motifs is 1. The number of nitrogens with one attached hydrogen (secondary N) is 1. The highest BCUT2D eigenvalue weighted by molar-refractivity contribution is 7.89. The molecule has 0 bridgehead atoms. The number of benzene rings is 2. The summed E-state index contributed by atoms with van der Waals surface area (Å²) in [5.41, 5.74) is 1.57. The fraction of sp³-hybridized carbons (Fsp3) is 0.417. The largest absolute Gasteiger partial charge is 0.477 e. The van der Waals surface area contributed by atoms with Crippen molar-refractivity contribution >= 4 is 27.5 Å². The highest BCUT2D eigenvalue weighted by Gasteiger charge is 2.39. The molecule has 4 rings (SSSR count). The number of ether oxygens (including phenoxy) is 1. The quantitative estimate of drug-likeness (QED) is 0.697. The van der Waals surface area contributed by atoms with Gasteiger partial charge in [-0.1, -0.05) is 42.5 Å². The number of para-hydroxylation sites is 2. The molecule has 0 spiro atoms. The molecule has 1 saturated heterocycles. The highest BCUT2D eigenvalue weighted by atomic mass is 32.2. The summed E-state index contributed by atoms with van der Waals surface area (Å²) in [6, 6.07) is 16.7. The van der Waals surface area contributed by atoms with Gasteiger partial charge in [-0.2, -0.15) is 0 Å². The standard InChI is InChI=1S/C24H29N3O5S/c1-2-33(30,31)26-14-8-11-19(16-26)24(29)27-17-22(32-21-13-7-6-12-20(21)27)23(28)25-15-18-9-4-3-5-10-18/h3-7,9-10,12-13,19,22H,2,8,11,14-17H2,1H3,(H,25,28). The van der Waals surface area contributed by atoms with Gasteiger partial charge in [-0.25, -0.2) is 12.7 Å². The molecular weight excluding hydrogens is 442 g/mol. The van der Waals surface area contributed by atoms with Crippen LogP contribution in [0.4, 0.5) is 5.69 Å². The van der Waals surface area contributed by atoms with Crippen molar-refractivity contribution in [2.75, 3.05) is 30.3 Å². The van der Waals surface area contributed by atoms with E-state index in [1.807, 2.05) is 36.4 Å². The van der Waals surface area contributed by atoms with Crippen LogP contribution in [-0.2, 0) is 26.2 Å². The topological polar surface area (TPSA) is 96.0 Å². The van der Waals surface area contributed by atoms with Crippen molar-refractivity contribution in [3.63, 3.8) is 0 Å². The average Bonchev–Trinajstić information content (AvgIpc) is 2.86. The van der Waals surface area contributed by atoms with Gasteiger partial charge < -0.3 is 15.0 Å². The molecule has 1 fully saturated rings. The Morgan fingerprint density at radius 2 is 1.79 bits per heavy atom. The number of hydrogen-bond donors (Lipinski definition) is 1. The SMILES string of the molecule is CCS(=O)(=O)N1CCCC(C(=O)N2CC(C(=O)NCc3ccccc3)Oc3ccccc32)C1. The second-order valence-electron chi connectivity index (χ2n) is 8.32. The van der Waals surface area contributed by atoms with Gasteiger partial charge in [0.25, 0.3) is 5.91 Å². The summed E-state index contributed by atoms with van der Waals surface area (Å²) in [5.74, 6) is -0.463. The van der Waals surface area contributed by atoms with Crippen LogP contribution >= 0.6 is 0 Å². The van der Waals surface area contributed by atoms with Gasteiger partial charge in [-0.3, -0.25) is 9.59 Å². The zero-order valence-electron chi connectivity index (χ0n) is 18.6. The third kappa shape index (κ3) is 5.20. The van der Waals surface area contributed by atoms with E-state index in [2.05, 4.69) is 5.32 Å². The molecular formula is C24H29N3O5S. The molecule has 0 aromatic heterocycles. The Morgan fingerprint density at radius 3 is 2.55 bits per heavy atom. The second kappa shape index (κ2) is 9.93. The van der Waals surface area contributed by atoms with Crippen LogP contribution in [-0.4, -0.2) is 56.0 Å². The van der Waals surface area contributed by atoms with E-state index in [4.69, 9.17) is 4.74 Å². The fourth-order valence-corrected chi connectivity index (χ4v) is 5.46. The van der Waals surface area contributed by atoms with Crippen LogP contribution in [0.3, 0.4) is 0 Å². The van der Waals surface area contributed by atoms with Gasteiger partial charge in [0.1, 0.15) is 5.75 Å². The molecule has 2 aliphatic heterocycles. The smallest absolute Gasteiger partial charge is 0.263 e. The van der Waals surface area contributed by atoms with E-state index in [1.165, 1.54) is 4.31 Å².